The van der Waals surface area contributed by atoms with Gasteiger partial charge in [0.2, 0.25) is 6.41 Å². The third kappa shape index (κ3) is 9.51. The number of carbonyl (C=O) groups excluding carboxylic acids is 2. The summed E-state index contributed by atoms with van der Waals surface area (Å²) in [4.78, 5) is 31.6. The van der Waals surface area contributed by atoms with Crippen LogP contribution in [0.15, 0.2) is 30.5 Å². The third-order valence-electron chi connectivity index (χ3n) is 5.18. The van der Waals surface area contributed by atoms with Gasteiger partial charge in [-0.3, -0.25) is 35.2 Å². The number of benzene rings is 1. The summed E-state index contributed by atoms with van der Waals surface area (Å²) < 4.78 is 16.2. The molecule has 10 nitrogen and oxygen atoms in total. The summed E-state index contributed by atoms with van der Waals surface area (Å²) in [7, 11) is 0. The number of nitrogens with zero attached hydrogens (tertiary/aromatic N) is 3. The molecule has 0 spiro atoms. The number of hydrogen-bond donors (Lipinski definition) is 2. The van der Waals surface area contributed by atoms with E-state index in [0.717, 1.165) is 16.6 Å². The first-order chi connectivity index (χ1) is 17.3. The van der Waals surface area contributed by atoms with Gasteiger partial charge in [0.1, 0.15) is 0 Å². The Hall–Kier alpha value is -2.50. The van der Waals surface area contributed by atoms with Crippen molar-refractivity contribution in [1.82, 2.24) is 20.2 Å². The van der Waals surface area contributed by atoms with E-state index < -0.39 is 12.4 Å². The average molecular weight is 524 g/mol. The highest BCUT2D eigenvalue weighted by Crippen LogP contribution is 2.24. The molecule has 0 saturated heterocycles. The molecule has 1 atom stereocenters. The van der Waals surface area contributed by atoms with E-state index in [1.807, 2.05) is 33.8 Å². The van der Waals surface area contributed by atoms with Crippen LogP contribution < -0.4 is 10.7 Å². The molecular weight excluding hydrogens is 486 g/mol. The van der Waals surface area contributed by atoms with Crippen molar-refractivity contribution in [2.45, 2.75) is 47.1 Å². The van der Waals surface area contributed by atoms with Crippen LogP contribution in [0, 0.1) is 0 Å². The molecule has 11 heteroatoms. The van der Waals surface area contributed by atoms with Crippen LogP contribution in [0.2, 0.25) is 5.02 Å². The van der Waals surface area contributed by atoms with Gasteiger partial charge in [-0.25, -0.2) is 0 Å². The number of rotatable bonds is 16. The highest BCUT2D eigenvalue weighted by molar-refractivity contribution is 6.31. The van der Waals surface area contributed by atoms with Crippen LogP contribution in [0.4, 0.5) is 5.69 Å². The summed E-state index contributed by atoms with van der Waals surface area (Å²) in [5.74, 6) is -0.587. The van der Waals surface area contributed by atoms with Crippen molar-refractivity contribution in [2.24, 2.45) is 0 Å². The molecule has 1 aromatic heterocycles. The highest BCUT2D eigenvalue weighted by atomic mass is 35.5. The largest absolute Gasteiger partial charge is 0.465 e. The first-order valence-electron chi connectivity index (χ1n) is 12.3. The molecule has 2 N–H and O–H groups in total. The molecule has 2 rings (SSSR count). The fraction of sp³-hybridized carbons (Fsp3) is 0.560. The molecule has 1 aromatic carbocycles. The first-order valence-corrected chi connectivity index (χ1v) is 12.7. The second-order valence-electron chi connectivity index (χ2n) is 8.05. The van der Waals surface area contributed by atoms with Gasteiger partial charge >= 0.3 is 5.97 Å². The van der Waals surface area contributed by atoms with Gasteiger partial charge in [-0.2, -0.15) is 0 Å². The molecule has 2 aromatic rings. The molecule has 0 saturated carbocycles. The molecule has 0 bridgehead atoms. The fourth-order valence-electron chi connectivity index (χ4n) is 3.65. The lowest BCUT2D eigenvalue weighted by Crippen LogP contribution is -2.50. The summed E-state index contributed by atoms with van der Waals surface area (Å²) >= 11 is 6.09. The highest BCUT2D eigenvalue weighted by Gasteiger charge is 2.23. The normalized spacial score (nSPS) is 12.2. The maximum atomic E-state index is 13.3. The Morgan fingerprint density at radius 1 is 1.06 bits per heavy atom. The number of hydrogen-bond acceptors (Lipinski definition) is 9. The standard InChI is InChI=1S/C25H38ClN5O5/c1-6-31(29-21-12-13-27-22-14-19(26)10-11-20(21)22)23(32)16-30(17-24(33)34-7-2)15-18(5)28-25(35-8-3)36-9-4/h10-14,18,25,28H,6-9,15-17H2,1-5H3,(H,27,29). The van der Waals surface area contributed by atoms with Gasteiger partial charge in [0, 0.05) is 49.0 Å². The molecule has 0 fully saturated rings. The molecule has 0 aliphatic heterocycles. The lowest BCUT2D eigenvalue weighted by molar-refractivity contribution is -0.160. The number of aromatic nitrogens is 1. The zero-order chi connectivity index (χ0) is 26.5. The lowest BCUT2D eigenvalue weighted by Gasteiger charge is -2.30. The summed E-state index contributed by atoms with van der Waals surface area (Å²) in [5, 5.41) is 6.18. The van der Waals surface area contributed by atoms with E-state index in [4.69, 9.17) is 25.8 Å². The molecule has 0 aliphatic carbocycles. The van der Waals surface area contributed by atoms with E-state index in [1.54, 1.807) is 36.2 Å². The zero-order valence-corrected chi connectivity index (χ0v) is 22.5. The second-order valence-corrected chi connectivity index (χ2v) is 8.49. The Morgan fingerprint density at radius 3 is 2.42 bits per heavy atom. The van der Waals surface area contributed by atoms with Gasteiger partial charge in [-0.05, 0) is 58.9 Å². The Balaban J connectivity index is 2.12. The number of fused-ring (bicyclic) bond motifs is 1. The van der Waals surface area contributed by atoms with E-state index in [9.17, 15) is 9.59 Å². The predicted octanol–water partition coefficient (Wildman–Crippen LogP) is 3.26. The van der Waals surface area contributed by atoms with Crippen molar-refractivity contribution >= 4 is 40.1 Å². The number of ether oxygens (including phenoxy) is 3. The maximum Gasteiger partial charge on any atom is 0.320 e. The molecule has 0 aliphatic rings. The predicted molar refractivity (Wildman–Crippen MR) is 140 cm³/mol. The minimum atomic E-state index is -0.572. The zero-order valence-electron chi connectivity index (χ0n) is 21.8. The number of likely N-dealkylation sites (N-methyl/N-ethyl adjacent to an activating group) is 1. The topological polar surface area (TPSA) is 105 Å². The molecule has 1 unspecified atom stereocenters. The van der Waals surface area contributed by atoms with E-state index in [0.29, 0.717) is 31.3 Å². The Bertz CT molecular complexity index is 973. The van der Waals surface area contributed by atoms with Gasteiger partial charge in [0.25, 0.3) is 5.91 Å². The number of hydrazine groups is 1. The van der Waals surface area contributed by atoms with Gasteiger partial charge in [0.05, 0.1) is 30.9 Å². The molecule has 36 heavy (non-hydrogen) atoms. The van der Waals surface area contributed by atoms with Gasteiger partial charge < -0.3 is 14.2 Å². The van der Waals surface area contributed by atoms with Crippen LogP contribution in [0.1, 0.15) is 34.6 Å². The lowest BCUT2D eigenvalue weighted by atomic mass is 10.2. The van der Waals surface area contributed by atoms with Crippen LogP contribution in [0.5, 0.6) is 0 Å². The fourth-order valence-corrected chi connectivity index (χ4v) is 3.82. The van der Waals surface area contributed by atoms with Crippen LogP contribution in [-0.2, 0) is 23.8 Å². The monoisotopic (exact) mass is 523 g/mol. The summed E-state index contributed by atoms with van der Waals surface area (Å²) in [5.41, 5.74) is 4.65. The Labute approximate surface area is 218 Å². The molecule has 1 heterocycles. The summed E-state index contributed by atoms with van der Waals surface area (Å²) in [6, 6.07) is 7.08. The van der Waals surface area contributed by atoms with Crippen LogP contribution >= 0.6 is 11.6 Å². The van der Waals surface area contributed by atoms with Crippen molar-refractivity contribution in [3.8, 4) is 0 Å². The van der Waals surface area contributed by atoms with Crippen LogP contribution in [0.25, 0.3) is 10.9 Å². The van der Waals surface area contributed by atoms with Gasteiger partial charge in [-0.1, -0.05) is 11.6 Å². The van der Waals surface area contributed by atoms with Crippen molar-refractivity contribution in [1.29, 1.82) is 0 Å². The number of carbonyl (C=O) groups is 2. The second kappa shape index (κ2) is 15.6. The summed E-state index contributed by atoms with van der Waals surface area (Å²) in [6.07, 6.45) is 1.09. The smallest absolute Gasteiger partial charge is 0.320 e. The quantitative estimate of drug-likeness (QED) is 0.195. The summed E-state index contributed by atoms with van der Waals surface area (Å²) in [6.45, 7) is 11.4. The first kappa shape index (κ1) is 29.7. The minimum absolute atomic E-state index is 0.00839. The number of anilines is 1. The van der Waals surface area contributed by atoms with E-state index in [2.05, 4.69) is 15.7 Å². The molecule has 0 radical (unpaired) electrons. The minimum Gasteiger partial charge on any atom is -0.465 e. The Morgan fingerprint density at radius 2 is 1.78 bits per heavy atom. The van der Waals surface area contributed by atoms with Crippen molar-refractivity contribution in [3.05, 3.63) is 35.5 Å². The molecular formula is C25H38ClN5O5. The number of esters is 1. The van der Waals surface area contributed by atoms with E-state index in [1.165, 1.54) is 5.01 Å². The molecule has 1 amide bonds. The number of amides is 1. The maximum absolute atomic E-state index is 13.3. The van der Waals surface area contributed by atoms with E-state index >= 15 is 0 Å². The molecule has 200 valence electrons. The van der Waals surface area contributed by atoms with Crippen molar-refractivity contribution in [2.75, 3.05) is 51.4 Å². The number of pyridine rings is 1. The van der Waals surface area contributed by atoms with Crippen molar-refractivity contribution in [3.63, 3.8) is 0 Å². The number of nitrogens with one attached hydrogen (secondary N) is 2. The average Bonchev–Trinajstić information content (AvgIpc) is 2.82. The van der Waals surface area contributed by atoms with Gasteiger partial charge in [-0.15, -0.1) is 0 Å². The van der Waals surface area contributed by atoms with E-state index in [-0.39, 0.29) is 31.6 Å². The van der Waals surface area contributed by atoms with Crippen molar-refractivity contribution < 1.29 is 23.8 Å². The van der Waals surface area contributed by atoms with Crippen LogP contribution in [0.3, 0.4) is 0 Å². The van der Waals surface area contributed by atoms with Gasteiger partial charge in [0.15, 0.2) is 0 Å². The SMILES string of the molecule is CCOC(=O)CN(CC(=O)N(CC)Nc1ccnc2cc(Cl)ccc12)CC(C)NC(OCC)OCC. The van der Waals surface area contributed by atoms with Crippen LogP contribution in [-0.4, -0.2) is 85.2 Å². The number of halogens is 1. The Kier molecular flexibility index (Phi) is 12.9. The third-order valence-corrected chi connectivity index (χ3v) is 5.42.